The summed E-state index contributed by atoms with van der Waals surface area (Å²) in [5.74, 6) is -0.191. The highest BCUT2D eigenvalue weighted by molar-refractivity contribution is 5.90. The Morgan fingerprint density at radius 2 is 1.90 bits per heavy atom. The highest BCUT2D eigenvalue weighted by Gasteiger charge is 2.10. The Balaban J connectivity index is 1.98. The Kier molecular flexibility index (Phi) is 3.73. The summed E-state index contributed by atoms with van der Waals surface area (Å²) in [6.07, 6.45) is 2.18. The Morgan fingerprint density at radius 1 is 1.10 bits per heavy atom. The average molecular weight is 279 g/mol. The maximum absolute atomic E-state index is 11.7. The summed E-state index contributed by atoms with van der Waals surface area (Å²) in [6, 6.07) is 16.5. The number of fused-ring (bicyclic) bond motifs is 1. The van der Waals surface area contributed by atoms with E-state index in [0.717, 1.165) is 22.0 Å². The van der Waals surface area contributed by atoms with Crippen molar-refractivity contribution in [2.24, 2.45) is 0 Å². The second-order valence-electron chi connectivity index (χ2n) is 4.92. The van der Waals surface area contributed by atoms with Gasteiger partial charge in [-0.3, -0.25) is 4.79 Å². The third-order valence-corrected chi connectivity index (χ3v) is 3.51. The second-order valence-corrected chi connectivity index (χ2v) is 4.92. The van der Waals surface area contributed by atoms with E-state index in [1.54, 1.807) is 0 Å². The quantitative estimate of drug-likeness (QED) is 0.735. The zero-order valence-electron chi connectivity index (χ0n) is 11.9. The number of hydrogen-bond acceptors (Lipinski definition) is 2. The van der Waals surface area contributed by atoms with Gasteiger partial charge < -0.3 is 9.72 Å². The fourth-order valence-electron chi connectivity index (χ4n) is 2.50. The Hall–Kier alpha value is -2.55. The zero-order valence-corrected chi connectivity index (χ0v) is 11.9. The zero-order chi connectivity index (χ0) is 14.7. The van der Waals surface area contributed by atoms with E-state index in [4.69, 9.17) is 4.74 Å². The second kappa shape index (κ2) is 5.83. The van der Waals surface area contributed by atoms with E-state index in [-0.39, 0.29) is 5.97 Å². The maximum Gasteiger partial charge on any atom is 0.310 e. The molecule has 0 bridgehead atoms. The van der Waals surface area contributed by atoms with Crippen molar-refractivity contribution in [2.45, 2.75) is 13.3 Å². The number of hydrogen-bond donors (Lipinski definition) is 1. The molecule has 0 unspecified atom stereocenters. The van der Waals surface area contributed by atoms with Crippen molar-refractivity contribution < 1.29 is 9.53 Å². The molecule has 0 aliphatic carbocycles. The van der Waals surface area contributed by atoms with E-state index < -0.39 is 0 Å². The van der Waals surface area contributed by atoms with Crippen LogP contribution in [-0.2, 0) is 16.0 Å². The van der Waals surface area contributed by atoms with Crippen LogP contribution in [0.25, 0.3) is 22.0 Å². The summed E-state index contributed by atoms with van der Waals surface area (Å²) >= 11 is 0. The number of H-pyrrole nitrogens is 1. The molecule has 106 valence electrons. The summed E-state index contributed by atoms with van der Waals surface area (Å²) in [6.45, 7) is 2.23. The lowest BCUT2D eigenvalue weighted by atomic mass is 10.0. The van der Waals surface area contributed by atoms with E-state index in [9.17, 15) is 4.79 Å². The highest BCUT2D eigenvalue weighted by Crippen LogP contribution is 2.26. The summed E-state index contributed by atoms with van der Waals surface area (Å²) < 4.78 is 5.03. The summed E-state index contributed by atoms with van der Waals surface area (Å²) in [4.78, 5) is 14.9. The third-order valence-electron chi connectivity index (χ3n) is 3.51. The van der Waals surface area contributed by atoms with Gasteiger partial charge in [0.15, 0.2) is 0 Å². The van der Waals surface area contributed by atoms with Crippen LogP contribution in [0, 0.1) is 0 Å². The molecule has 2 aromatic carbocycles. The third kappa shape index (κ3) is 2.82. The molecule has 1 aromatic heterocycles. The van der Waals surface area contributed by atoms with E-state index in [2.05, 4.69) is 29.2 Å². The molecule has 0 amide bonds. The molecule has 3 nitrogen and oxygen atoms in total. The van der Waals surface area contributed by atoms with Crippen molar-refractivity contribution in [3.05, 3.63) is 60.3 Å². The van der Waals surface area contributed by atoms with Gasteiger partial charge in [0.2, 0.25) is 0 Å². The first-order chi connectivity index (χ1) is 10.3. The average Bonchev–Trinajstić information content (AvgIpc) is 2.91. The van der Waals surface area contributed by atoms with Gasteiger partial charge in [-0.15, -0.1) is 0 Å². The van der Waals surface area contributed by atoms with Crippen molar-refractivity contribution in [2.75, 3.05) is 6.61 Å². The number of aromatic nitrogens is 1. The minimum Gasteiger partial charge on any atom is -0.466 e. The molecular formula is C18H17NO2. The molecule has 0 aliphatic heterocycles. The Bertz CT molecular complexity index is 759. The van der Waals surface area contributed by atoms with Crippen molar-refractivity contribution in [3.8, 4) is 11.1 Å². The monoisotopic (exact) mass is 279 g/mol. The molecule has 1 N–H and O–H groups in total. The predicted molar refractivity (Wildman–Crippen MR) is 84.1 cm³/mol. The fourth-order valence-corrected chi connectivity index (χ4v) is 2.50. The standard InChI is InChI=1S/C18H17NO2/c1-2-21-18(20)11-15-12-19-17-9-8-14(10-16(15)17)13-6-4-3-5-7-13/h3-10,12,19H,2,11H2,1H3. The largest absolute Gasteiger partial charge is 0.466 e. The van der Waals surface area contributed by atoms with Crippen LogP contribution in [0.4, 0.5) is 0 Å². The molecule has 21 heavy (non-hydrogen) atoms. The van der Waals surface area contributed by atoms with Crippen LogP contribution in [0.15, 0.2) is 54.7 Å². The lowest BCUT2D eigenvalue weighted by Gasteiger charge is -2.04. The molecule has 0 saturated carbocycles. The minimum atomic E-state index is -0.191. The van der Waals surface area contributed by atoms with Gasteiger partial charge in [0.05, 0.1) is 13.0 Å². The number of carbonyl (C=O) groups is 1. The van der Waals surface area contributed by atoms with Gasteiger partial charge in [0, 0.05) is 17.1 Å². The first-order valence-corrected chi connectivity index (χ1v) is 7.09. The number of nitrogens with one attached hydrogen (secondary N) is 1. The van der Waals surface area contributed by atoms with Gasteiger partial charge in [-0.2, -0.15) is 0 Å². The predicted octanol–water partition coefficient (Wildman–Crippen LogP) is 3.94. The Labute approximate surface area is 123 Å². The number of esters is 1. The summed E-state index contributed by atoms with van der Waals surface area (Å²) in [5, 5.41) is 1.07. The molecular weight excluding hydrogens is 262 g/mol. The van der Waals surface area contributed by atoms with Gasteiger partial charge >= 0.3 is 5.97 Å². The van der Waals surface area contributed by atoms with Crippen LogP contribution >= 0.6 is 0 Å². The minimum absolute atomic E-state index is 0.191. The number of carbonyl (C=O) groups excluding carboxylic acids is 1. The molecule has 1 heterocycles. The molecule has 3 aromatic rings. The van der Waals surface area contributed by atoms with Gasteiger partial charge in [0.1, 0.15) is 0 Å². The fraction of sp³-hybridized carbons (Fsp3) is 0.167. The van der Waals surface area contributed by atoms with Crippen LogP contribution in [-0.4, -0.2) is 17.6 Å². The van der Waals surface area contributed by atoms with Gasteiger partial charge in [-0.25, -0.2) is 0 Å². The molecule has 0 radical (unpaired) electrons. The van der Waals surface area contributed by atoms with Crippen LogP contribution in [0.1, 0.15) is 12.5 Å². The van der Waals surface area contributed by atoms with Crippen molar-refractivity contribution in [1.82, 2.24) is 4.98 Å². The first kappa shape index (κ1) is 13.4. The smallest absolute Gasteiger partial charge is 0.310 e. The number of aromatic amines is 1. The van der Waals surface area contributed by atoms with Crippen molar-refractivity contribution in [3.63, 3.8) is 0 Å². The maximum atomic E-state index is 11.7. The lowest BCUT2D eigenvalue weighted by Crippen LogP contribution is -2.06. The number of benzene rings is 2. The molecule has 3 rings (SSSR count). The Morgan fingerprint density at radius 3 is 2.67 bits per heavy atom. The molecule has 3 heteroatoms. The number of rotatable bonds is 4. The summed E-state index contributed by atoms with van der Waals surface area (Å²) in [7, 11) is 0. The van der Waals surface area contributed by atoms with E-state index in [1.165, 1.54) is 5.56 Å². The van der Waals surface area contributed by atoms with Crippen LogP contribution in [0.3, 0.4) is 0 Å². The molecule has 0 spiro atoms. The van der Waals surface area contributed by atoms with Gasteiger partial charge in [-0.05, 0) is 35.7 Å². The van der Waals surface area contributed by atoms with E-state index in [0.29, 0.717) is 13.0 Å². The van der Waals surface area contributed by atoms with Crippen LogP contribution < -0.4 is 0 Å². The van der Waals surface area contributed by atoms with Crippen LogP contribution in [0.2, 0.25) is 0 Å². The van der Waals surface area contributed by atoms with Crippen molar-refractivity contribution in [1.29, 1.82) is 0 Å². The van der Waals surface area contributed by atoms with Gasteiger partial charge in [-0.1, -0.05) is 36.4 Å². The van der Waals surface area contributed by atoms with Crippen LogP contribution in [0.5, 0.6) is 0 Å². The first-order valence-electron chi connectivity index (χ1n) is 7.09. The molecule has 0 atom stereocenters. The van der Waals surface area contributed by atoms with E-state index in [1.807, 2.05) is 37.4 Å². The molecule has 0 aliphatic rings. The van der Waals surface area contributed by atoms with Gasteiger partial charge in [0.25, 0.3) is 0 Å². The normalized spacial score (nSPS) is 10.7. The van der Waals surface area contributed by atoms with Crippen molar-refractivity contribution >= 4 is 16.9 Å². The highest BCUT2D eigenvalue weighted by atomic mass is 16.5. The summed E-state index contributed by atoms with van der Waals surface area (Å²) in [5.41, 5.74) is 4.32. The molecule has 0 saturated heterocycles. The molecule has 0 fully saturated rings. The lowest BCUT2D eigenvalue weighted by molar-refractivity contribution is -0.142. The SMILES string of the molecule is CCOC(=O)Cc1c[nH]c2ccc(-c3ccccc3)cc12. The topological polar surface area (TPSA) is 42.1 Å². The van der Waals surface area contributed by atoms with E-state index >= 15 is 0 Å². The number of ether oxygens (including phenoxy) is 1.